The number of nitrogens with zero attached hydrogens (tertiary/aromatic N) is 5. The Kier molecular flexibility index (Phi) is 6.09. The summed E-state index contributed by atoms with van der Waals surface area (Å²) in [7, 11) is 0. The number of nitro groups is 1. The maximum absolute atomic E-state index is 11.9. The van der Waals surface area contributed by atoms with E-state index >= 15 is 0 Å². The molecule has 0 aromatic heterocycles. The average molecular weight is 471 g/mol. The third-order valence-corrected chi connectivity index (χ3v) is 6.75. The molecule has 2 atom stereocenters. The lowest BCUT2D eigenvalue weighted by molar-refractivity contribution is -0.385. The fraction of sp³-hybridized carbons (Fsp3) is 0.240. The van der Waals surface area contributed by atoms with Crippen LogP contribution in [-0.2, 0) is 6.54 Å². The number of halogens is 1. The SMILES string of the molecule is N#CC1=C(N)C(C#N)(C#N)[C@H](c2ccc(Cl)cc2[N+](=O)[O-])[C@@H]2CN(Cc3ccccc3)CC=C12. The van der Waals surface area contributed by atoms with Crippen LogP contribution >= 0.6 is 11.6 Å². The molecule has 4 rings (SSSR count). The molecule has 8 nitrogen and oxygen atoms in total. The molecule has 0 radical (unpaired) electrons. The van der Waals surface area contributed by atoms with Crippen LogP contribution in [0.3, 0.4) is 0 Å². The van der Waals surface area contributed by atoms with Crippen LogP contribution in [0.4, 0.5) is 5.69 Å². The van der Waals surface area contributed by atoms with Crippen LogP contribution in [0, 0.1) is 55.4 Å². The fourth-order valence-corrected chi connectivity index (χ4v) is 5.16. The summed E-state index contributed by atoms with van der Waals surface area (Å²) in [6.45, 7) is 1.51. The smallest absolute Gasteiger partial charge is 0.274 e. The van der Waals surface area contributed by atoms with Gasteiger partial charge in [0.2, 0.25) is 0 Å². The molecule has 2 aliphatic rings. The second-order valence-electron chi connectivity index (χ2n) is 8.32. The standard InChI is InChI=1S/C25H19ClN6O2/c26-17-6-7-19(22(10-17)32(33)34)23-21-13-31(12-16-4-2-1-3-5-16)9-8-18(21)20(11-27)24(30)25(23,14-28)15-29/h1-8,10,21,23H,9,12-13,30H2/t21-,23-/m1/s1. The van der Waals surface area contributed by atoms with E-state index in [1.54, 1.807) is 0 Å². The number of fused-ring (bicyclic) bond motifs is 1. The highest BCUT2D eigenvalue weighted by atomic mass is 35.5. The Labute approximate surface area is 201 Å². The molecule has 34 heavy (non-hydrogen) atoms. The summed E-state index contributed by atoms with van der Waals surface area (Å²) in [6, 6.07) is 20.1. The van der Waals surface area contributed by atoms with E-state index in [4.69, 9.17) is 17.3 Å². The third kappa shape index (κ3) is 3.68. The molecule has 0 spiro atoms. The minimum atomic E-state index is -1.96. The third-order valence-electron chi connectivity index (χ3n) is 6.51. The van der Waals surface area contributed by atoms with Crippen molar-refractivity contribution in [2.75, 3.05) is 13.1 Å². The first-order valence-electron chi connectivity index (χ1n) is 10.5. The predicted octanol–water partition coefficient (Wildman–Crippen LogP) is 4.17. The molecule has 168 valence electrons. The molecular weight excluding hydrogens is 452 g/mol. The molecule has 0 fully saturated rings. The van der Waals surface area contributed by atoms with E-state index in [9.17, 15) is 25.9 Å². The molecule has 9 heteroatoms. The van der Waals surface area contributed by atoms with E-state index in [0.717, 1.165) is 5.56 Å². The largest absolute Gasteiger partial charge is 0.399 e. The molecule has 0 saturated carbocycles. The van der Waals surface area contributed by atoms with Crippen molar-refractivity contribution in [2.24, 2.45) is 17.1 Å². The Hall–Kier alpha value is -4.16. The van der Waals surface area contributed by atoms with Crippen molar-refractivity contribution in [1.82, 2.24) is 4.90 Å². The van der Waals surface area contributed by atoms with E-state index in [-0.39, 0.29) is 27.5 Å². The highest BCUT2D eigenvalue weighted by Crippen LogP contribution is 2.55. The van der Waals surface area contributed by atoms with Crippen LogP contribution in [-0.4, -0.2) is 22.9 Å². The molecule has 0 amide bonds. The van der Waals surface area contributed by atoms with Crippen molar-refractivity contribution >= 4 is 17.3 Å². The zero-order valence-electron chi connectivity index (χ0n) is 18.0. The van der Waals surface area contributed by atoms with Crippen molar-refractivity contribution in [3.63, 3.8) is 0 Å². The van der Waals surface area contributed by atoms with Crippen LogP contribution in [0.15, 0.2) is 71.5 Å². The van der Waals surface area contributed by atoms with Crippen LogP contribution in [0.1, 0.15) is 17.0 Å². The highest BCUT2D eigenvalue weighted by Gasteiger charge is 2.56. The molecule has 0 saturated heterocycles. The Morgan fingerprint density at radius 1 is 1.18 bits per heavy atom. The summed E-state index contributed by atoms with van der Waals surface area (Å²) in [5.41, 5.74) is 5.85. The van der Waals surface area contributed by atoms with Gasteiger partial charge in [0.25, 0.3) is 5.69 Å². The quantitative estimate of drug-likeness (QED) is 0.521. The van der Waals surface area contributed by atoms with Gasteiger partial charge in [-0.2, -0.15) is 15.8 Å². The first kappa shape index (κ1) is 23.0. The second kappa shape index (κ2) is 9.00. The zero-order valence-corrected chi connectivity index (χ0v) is 18.7. The van der Waals surface area contributed by atoms with E-state index < -0.39 is 22.2 Å². The summed E-state index contributed by atoms with van der Waals surface area (Å²) < 4.78 is 0. The van der Waals surface area contributed by atoms with Gasteiger partial charge in [0.1, 0.15) is 6.07 Å². The van der Waals surface area contributed by atoms with Gasteiger partial charge in [-0.15, -0.1) is 0 Å². The Morgan fingerprint density at radius 2 is 1.88 bits per heavy atom. The van der Waals surface area contributed by atoms with Crippen molar-refractivity contribution in [3.05, 3.63) is 97.7 Å². The number of benzene rings is 2. The number of hydrogen-bond donors (Lipinski definition) is 1. The van der Waals surface area contributed by atoms with E-state index in [2.05, 4.69) is 11.0 Å². The minimum Gasteiger partial charge on any atom is -0.399 e. The summed E-state index contributed by atoms with van der Waals surface area (Å²) in [5.74, 6) is -1.51. The Balaban J connectivity index is 1.92. The lowest BCUT2D eigenvalue weighted by Gasteiger charge is -2.45. The summed E-state index contributed by atoms with van der Waals surface area (Å²) in [5, 5.41) is 42.4. The van der Waals surface area contributed by atoms with Gasteiger partial charge in [0.05, 0.1) is 28.3 Å². The van der Waals surface area contributed by atoms with Gasteiger partial charge in [0, 0.05) is 48.1 Å². The number of rotatable bonds is 4. The van der Waals surface area contributed by atoms with E-state index in [1.807, 2.05) is 48.5 Å². The molecule has 1 heterocycles. The topological polar surface area (TPSA) is 144 Å². The summed E-state index contributed by atoms with van der Waals surface area (Å²) in [6.07, 6.45) is 1.87. The van der Waals surface area contributed by atoms with Gasteiger partial charge in [-0.3, -0.25) is 15.0 Å². The number of hydrogen-bond acceptors (Lipinski definition) is 7. The van der Waals surface area contributed by atoms with Gasteiger partial charge in [-0.25, -0.2) is 0 Å². The molecule has 2 N–H and O–H groups in total. The number of nitro benzene ring substituents is 1. The molecule has 0 unspecified atom stereocenters. The van der Waals surface area contributed by atoms with Gasteiger partial charge < -0.3 is 5.73 Å². The fourth-order valence-electron chi connectivity index (χ4n) is 4.99. The van der Waals surface area contributed by atoms with Gasteiger partial charge in [-0.1, -0.05) is 54.1 Å². The molecule has 1 aliphatic carbocycles. The summed E-state index contributed by atoms with van der Waals surface area (Å²) >= 11 is 6.03. The maximum atomic E-state index is 11.9. The van der Waals surface area contributed by atoms with Gasteiger partial charge in [-0.05, 0) is 17.2 Å². The molecular formula is C25H19ClN6O2. The molecule has 2 aromatic carbocycles. The summed E-state index contributed by atoms with van der Waals surface area (Å²) in [4.78, 5) is 13.5. The van der Waals surface area contributed by atoms with E-state index in [1.165, 1.54) is 18.2 Å². The predicted molar refractivity (Wildman–Crippen MR) is 125 cm³/mol. The van der Waals surface area contributed by atoms with Crippen LogP contribution in [0.25, 0.3) is 0 Å². The zero-order chi connectivity index (χ0) is 24.5. The molecule has 0 bridgehead atoms. The monoisotopic (exact) mass is 470 g/mol. The van der Waals surface area contributed by atoms with Crippen molar-refractivity contribution in [3.8, 4) is 18.2 Å². The number of allylic oxidation sites excluding steroid dienone is 2. The second-order valence-corrected chi connectivity index (χ2v) is 8.75. The highest BCUT2D eigenvalue weighted by molar-refractivity contribution is 6.30. The first-order valence-corrected chi connectivity index (χ1v) is 10.9. The van der Waals surface area contributed by atoms with Crippen molar-refractivity contribution in [2.45, 2.75) is 12.5 Å². The van der Waals surface area contributed by atoms with E-state index in [0.29, 0.717) is 25.2 Å². The molecule has 1 aliphatic heterocycles. The Morgan fingerprint density at radius 3 is 2.50 bits per heavy atom. The first-order chi connectivity index (χ1) is 16.4. The van der Waals surface area contributed by atoms with Gasteiger partial charge in [0.15, 0.2) is 5.41 Å². The lowest BCUT2D eigenvalue weighted by Crippen LogP contribution is -2.48. The number of nitrogens with two attached hydrogens (primary N) is 1. The van der Waals surface area contributed by atoms with Crippen LogP contribution in [0.2, 0.25) is 5.02 Å². The Bertz CT molecular complexity index is 1330. The number of nitriles is 3. The van der Waals surface area contributed by atoms with Gasteiger partial charge >= 0.3 is 0 Å². The van der Waals surface area contributed by atoms with Crippen molar-refractivity contribution in [1.29, 1.82) is 15.8 Å². The molecule has 2 aromatic rings. The maximum Gasteiger partial charge on any atom is 0.274 e. The van der Waals surface area contributed by atoms with Crippen molar-refractivity contribution < 1.29 is 4.92 Å². The normalized spacial score (nSPS) is 21.4. The minimum absolute atomic E-state index is 0.0975. The van der Waals surface area contributed by atoms with Crippen LogP contribution in [0.5, 0.6) is 0 Å². The lowest BCUT2D eigenvalue weighted by atomic mass is 9.58. The van der Waals surface area contributed by atoms with Crippen LogP contribution < -0.4 is 5.73 Å². The average Bonchev–Trinajstić information content (AvgIpc) is 2.84.